The van der Waals surface area contributed by atoms with Gasteiger partial charge in [-0.25, -0.2) is 4.79 Å². The molecule has 5 heteroatoms. The Morgan fingerprint density at radius 3 is 2.57 bits per heavy atom. The first-order valence-electron chi connectivity index (χ1n) is 6.95. The summed E-state index contributed by atoms with van der Waals surface area (Å²) >= 11 is 0. The summed E-state index contributed by atoms with van der Waals surface area (Å²) in [5.41, 5.74) is 1.47. The van der Waals surface area contributed by atoms with Gasteiger partial charge in [-0.15, -0.1) is 0 Å². The third-order valence-electron chi connectivity index (χ3n) is 3.44. The standard InChI is InChI=1S/C16H20N2O3/c1-9(2)8-18-7-6-12-13(15(18)19)10(3)17-11(4)14(12)16(20)21-5/h6-7,9H,8H2,1-5H3. The molecule has 0 spiro atoms. The zero-order chi connectivity index (χ0) is 15.7. The molecular weight excluding hydrogens is 268 g/mol. The van der Waals surface area contributed by atoms with Crippen molar-refractivity contribution in [3.63, 3.8) is 0 Å². The number of aromatic nitrogens is 2. The van der Waals surface area contributed by atoms with E-state index in [1.807, 2.05) is 0 Å². The summed E-state index contributed by atoms with van der Waals surface area (Å²) in [6, 6.07) is 1.80. The predicted molar refractivity (Wildman–Crippen MR) is 81.7 cm³/mol. The van der Waals surface area contributed by atoms with Crippen LogP contribution in [0.5, 0.6) is 0 Å². The van der Waals surface area contributed by atoms with Crippen molar-refractivity contribution >= 4 is 16.7 Å². The zero-order valence-electron chi connectivity index (χ0n) is 13.1. The van der Waals surface area contributed by atoms with E-state index in [4.69, 9.17) is 4.74 Å². The highest BCUT2D eigenvalue weighted by atomic mass is 16.5. The molecule has 0 bridgehead atoms. The minimum absolute atomic E-state index is 0.114. The maximum Gasteiger partial charge on any atom is 0.340 e. The monoisotopic (exact) mass is 288 g/mol. The number of hydrogen-bond acceptors (Lipinski definition) is 4. The number of nitrogens with zero attached hydrogens (tertiary/aromatic N) is 2. The van der Waals surface area contributed by atoms with Gasteiger partial charge in [-0.1, -0.05) is 13.8 Å². The molecule has 0 saturated carbocycles. The lowest BCUT2D eigenvalue weighted by Gasteiger charge is -2.13. The van der Waals surface area contributed by atoms with Crippen LogP contribution in [0.25, 0.3) is 10.8 Å². The van der Waals surface area contributed by atoms with Gasteiger partial charge in [0.25, 0.3) is 5.56 Å². The minimum Gasteiger partial charge on any atom is -0.465 e. The van der Waals surface area contributed by atoms with Crippen LogP contribution in [0.4, 0.5) is 0 Å². The fraction of sp³-hybridized carbons (Fsp3) is 0.438. The number of pyridine rings is 2. The maximum absolute atomic E-state index is 12.6. The first-order chi connectivity index (χ1) is 9.86. The molecule has 0 N–H and O–H groups in total. The second-order valence-corrected chi connectivity index (χ2v) is 5.60. The quantitative estimate of drug-likeness (QED) is 0.814. The smallest absolute Gasteiger partial charge is 0.340 e. The van der Waals surface area contributed by atoms with E-state index in [2.05, 4.69) is 18.8 Å². The minimum atomic E-state index is -0.467. The number of fused-ring (bicyclic) bond motifs is 1. The van der Waals surface area contributed by atoms with Crippen LogP contribution >= 0.6 is 0 Å². The van der Waals surface area contributed by atoms with Gasteiger partial charge in [0.15, 0.2) is 0 Å². The van der Waals surface area contributed by atoms with Crippen LogP contribution in [0.2, 0.25) is 0 Å². The van der Waals surface area contributed by atoms with E-state index in [0.29, 0.717) is 40.2 Å². The number of methoxy groups -OCH3 is 1. The molecule has 112 valence electrons. The van der Waals surface area contributed by atoms with Gasteiger partial charge in [0.1, 0.15) is 0 Å². The summed E-state index contributed by atoms with van der Waals surface area (Å²) in [6.45, 7) is 8.28. The van der Waals surface area contributed by atoms with Gasteiger partial charge in [-0.2, -0.15) is 0 Å². The maximum atomic E-state index is 12.6. The van der Waals surface area contributed by atoms with E-state index < -0.39 is 5.97 Å². The van der Waals surface area contributed by atoms with Crippen molar-refractivity contribution in [2.45, 2.75) is 34.2 Å². The number of hydrogen-bond donors (Lipinski definition) is 0. The number of aryl methyl sites for hydroxylation is 2. The lowest BCUT2D eigenvalue weighted by molar-refractivity contribution is 0.0601. The van der Waals surface area contributed by atoms with Crippen molar-refractivity contribution in [1.29, 1.82) is 0 Å². The van der Waals surface area contributed by atoms with E-state index in [1.165, 1.54) is 7.11 Å². The van der Waals surface area contributed by atoms with E-state index in [9.17, 15) is 9.59 Å². The lowest BCUT2D eigenvalue weighted by atomic mass is 10.0. The highest BCUT2D eigenvalue weighted by Crippen LogP contribution is 2.21. The van der Waals surface area contributed by atoms with Crippen LogP contribution in [-0.4, -0.2) is 22.6 Å². The van der Waals surface area contributed by atoms with Gasteiger partial charge in [0.2, 0.25) is 0 Å². The van der Waals surface area contributed by atoms with Gasteiger partial charge >= 0.3 is 5.97 Å². The van der Waals surface area contributed by atoms with Crippen molar-refractivity contribution in [2.75, 3.05) is 7.11 Å². The average Bonchev–Trinajstić information content (AvgIpc) is 2.40. The number of carbonyl (C=O) groups is 1. The first-order valence-corrected chi connectivity index (χ1v) is 6.95. The summed E-state index contributed by atoms with van der Waals surface area (Å²) in [6.07, 6.45) is 1.73. The molecule has 5 nitrogen and oxygen atoms in total. The second kappa shape index (κ2) is 5.68. The molecule has 0 unspecified atom stereocenters. The highest BCUT2D eigenvalue weighted by molar-refractivity contribution is 6.05. The molecule has 0 aliphatic heterocycles. The van der Waals surface area contributed by atoms with Crippen LogP contribution in [0.15, 0.2) is 17.1 Å². The second-order valence-electron chi connectivity index (χ2n) is 5.60. The molecular formula is C16H20N2O3. The van der Waals surface area contributed by atoms with Crippen molar-refractivity contribution in [3.8, 4) is 0 Å². The van der Waals surface area contributed by atoms with Crippen molar-refractivity contribution in [2.24, 2.45) is 5.92 Å². The third-order valence-corrected chi connectivity index (χ3v) is 3.44. The van der Waals surface area contributed by atoms with Crippen LogP contribution in [-0.2, 0) is 11.3 Å². The Hall–Kier alpha value is -2.17. The molecule has 0 amide bonds. The Balaban J connectivity index is 2.83. The molecule has 2 heterocycles. The molecule has 2 aromatic rings. The number of esters is 1. The van der Waals surface area contributed by atoms with Crippen LogP contribution in [0.1, 0.15) is 35.6 Å². The number of ether oxygens (including phenoxy) is 1. The largest absolute Gasteiger partial charge is 0.465 e. The third kappa shape index (κ3) is 2.68. The fourth-order valence-corrected chi connectivity index (χ4v) is 2.59. The summed E-state index contributed by atoms with van der Waals surface area (Å²) in [5, 5.41) is 1.10. The number of rotatable bonds is 3. The van der Waals surface area contributed by atoms with Gasteiger partial charge in [0, 0.05) is 18.1 Å². The van der Waals surface area contributed by atoms with Crippen LogP contribution in [0, 0.1) is 19.8 Å². The van der Waals surface area contributed by atoms with E-state index in [1.54, 1.807) is 30.7 Å². The lowest BCUT2D eigenvalue weighted by Crippen LogP contribution is -2.24. The molecule has 2 rings (SSSR count). The van der Waals surface area contributed by atoms with Gasteiger partial charge in [0.05, 0.1) is 29.4 Å². The zero-order valence-corrected chi connectivity index (χ0v) is 13.1. The van der Waals surface area contributed by atoms with Crippen molar-refractivity contribution < 1.29 is 9.53 Å². The number of carbonyl (C=O) groups excluding carboxylic acids is 1. The molecule has 0 aliphatic rings. The van der Waals surface area contributed by atoms with Gasteiger partial charge in [-0.3, -0.25) is 9.78 Å². The summed E-state index contributed by atoms with van der Waals surface area (Å²) < 4.78 is 6.48. The molecule has 0 aliphatic carbocycles. The Bertz CT molecular complexity index is 760. The first kappa shape index (κ1) is 15.2. The van der Waals surface area contributed by atoms with Crippen LogP contribution < -0.4 is 5.56 Å². The Morgan fingerprint density at radius 2 is 2.00 bits per heavy atom. The van der Waals surface area contributed by atoms with Crippen LogP contribution in [0.3, 0.4) is 0 Å². The summed E-state index contributed by atoms with van der Waals surface area (Å²) in [5.74, 6) is -0.107. The highest BCUT2D eigenvalue weighted by Gasteiger charge is 2.19. The SMILES string of the molecule is COC(=O)c1c(C)nc(C)c2c(=O)n(CC(C)C)ccc12. The Morgan fingerprint density at radius 1 is 1.33 bits per heavy atom. The molecule has 0 aromatic carbocycles. The van der Waals surface area contributed by atoms with Crippen molar-refractivity contribution in [1.82, 2.24) is 9.55 Å². The van der Waals surface area contributed by atoms with E-state index >= 15 is 0 Å². The molecule has 0 atom stereocenters. The molecule has 0 radical (unpaired) electrons. The molecule has 21 heavy (non-hydrogen) atoms. The average molecular weight is 288 g/mol. The van der Waals surface area contributed by atoms with Crippen molar-refractivity contribution in [3.05, 3.63) is 39.6 Å². The predicted octanol–water partition coefficient (Wildman–Crippen LogP) is 2.46. The summed E-state index contributed by atoms with van der Waals surface area (Å²) in [7, 11) is 1.33. The van der Waals surface area contributed by atoms with E-state index in [-0.39, 0.29) is 5.56 Å². The normalized spacial score (nSPS) is 11.1. The molecule has 0 saturated heterocycles. The Labute approximate surface area is 123 Å². The van der Waals surface area contributed by atoms with Gasteiger partial charge in [-0.05, 0) is 25.8 Å². The topological polar surface area (TPSA) is 61.2 Å². The summed E-state index contributed by atoms with van der Waals surface area (Å²) in [4.78, 5) is 28.9. The van der Waals surface area contributed by atoms with Gasteiger partial charge < -0.3 is 9.30 Å². The van der Waals surface area contributed by atoms with E-state index in [0.717, 1.165) is 0 Å². The fourth-order valence-electron chi connectivity index (χ4n) is 2.59. The Kier molecular flexibility index (Phi) is 4.11. The molecule has 0 fully saturated rings. The molecule has 2 aromatic heterocycles.